The molecule has 24 heavy (non-hydrogen) atoms. The van der Waals surface area contributed by atoms with E-state index in [1.807, 2.05) is 49.4 Å². The molecule has 0 aliphatic rings. The van der Waals surface area contributed by atoms with E-state index in [1.165, 1.54) is 0 Å². The summed E-state index contributed by atoms with van der Waals surface area (Å²) in [4.78, 5) is 12.8. The Hall–Kier alpha value is -2.53. The Kier molecular flexibility index (Phi) is 4.44. The van der Waals surface area contributed by atoms with Crippen LogP contribution in [0.3, 0.4) is 0 Å². The Balaban J connectivity index is 2.03. The highest BCUT2D eigenvalue weighted by Gasteiger charge is 2.16. The molecule has 0 saturated carbocycles. The van der Waals surface area contributed by atoms with Crippen LogP contribution in [-0.4, -0.2) is 13.0 Å². The molecule has 4 nitrogen and oxygen atoms in total. The Morgan fingerprint density at radius 2 is 1.79 bits per heavy atom. The number of nitrogens with two attached hydrogens (primary N) is 1. The van der Waals surface area contributed by atoms with Crippen LogP contribution in [0.5, 0.6) is 5.75 Å². The van der Waals surface area contributed by atoms with E-state index in [1.54, 1.807) is 13.2 Å². The number of hydrogen-bond donors (Lipinski definition) is 2. The molecule has 0 radical (unpaired) electrons. The van der Waals surface area contributed by atoms with Crippen LogP contribution in [-0.2, 0) is 0 Å². The van der Waals surface area contributed by atoms with Gasteiger partial charge in [-0.15, -0.1) is 0 Å². The number of ether oxygens (including phenoxy) is 1. The van der Waals surface area contributed by atoms with Crippen molar-refractivity contribution in [1.82, 2.24) is 0 Å². The highest BCUT2D eigenvalue weighted by Crippen LogP contribution is 2.31. The number of amides is 1. The van der Waals surface area contributed by atoms with E-state index < -0.39 is 0 Å². The molecule has 0 fully saturated rings. The predicted octanol–water partition coefficient (Wildman–Crippen LogP) is 4.75. The second-order valence-corrected chi connectivity index (χ2v) is 6.40. The lowest BCUT2D eigenvalue weighted by atomic mass is 10.0. The fourth-order valence-electron chi connectivity index (χ4n) is 2.68. The maximum Gasteiger partial charge on any atom is 0.259 e. The number of halogens is 1. The standard InChI is InChI=1S/C19H17BrN2O2/c1-11-7-14(21)10-16(20)18(11)22-19(23)15-8-12-5-3-4-6-13(12)9-17(15)24-2/h3-10H,21H2,1-2H3,(H,22,23). The second kappa shape index (κ2) is 6.53. The molecular weight excluding hydrogens is 368 g/mol. The number of nitrogens with one attached hydrogen (secondary N) is 1. The van der Waals surface area contributed by atoms with Crippen LogP contribution < -0.4 is 15.8 Å². The average Bonchev–Trinajstić information content (AvgIpc) is 2.56. The van der Waals surface area contributed by atoms with Gasteiger partial charge in [-0.2, -0.15) is 0 Å². The Morgan fingerprint density at radius 1 is 1.12 bits per heavy atom. The van der Waals surface area contributed by atoms with Gasteiger partial charge in [0.05, 0.1) is 18.4 Å². The molecule has 3 aromatic carbocycles. The summed E-state index contributed by atoms with van der Waals surface area (Å²) in [5, 5.41) is 4.95. The Labute approximate surface area is 148 Å². The molecule has 3 aromatic rings. The molecule has 5 heteroatoms. The van der Waals surface area contributed by atoms with Crippen molar-refractivity contribution in [1.29, 1.82) is 0 Å². The number of rotatable bonds is 3. The molecule has 3 N–H and O–H groups in total. The number of methoxy groups -OCH3 is 1. The Bertz CT molecular complexity index is 915. The lowest BCUT2D eigenvalue weighted by molar-refractivity contribution is 0.102. The van der Waals surface area contributed by atoms with Crippen LogP contribution in [0.1, 0.15) is 15.9 Å². The van der Waals surface area contributed by atoms with Gasteiger partial charge in [0.1, 0.15) is 5.75 Å². The van der Waals surface area contributed by atoms with Crippen LogP contribution in [0, 0.1) is 6.92 Å². The highest BCUT2D eigenvalue weighted by atomic mass is 79.9. The SMILES string of the molecule is COc1cc2ccccc2cc1C(=O)Nc1c(C)cc(N)cc1Br. The number of nitrogen functional groups attached to an aromatic ring is 1. The third kappa shape index (κ3) is 3.08. The van der Waals surface area contributed by atoms with E-state index in [2.05, 4.69) is 21.2 Å². The first-order valence-electron chi connectivity index (χ1n) is 7.43. The summed E-state index contributed by atoms with van der Waals surface area (Å²) in [7, 11) is 1.56. The van der Waals surface area contributed by atoms with E-state index >= 15 is 0 Å². The molecule has 0 heterocycles. The molecule has 0 aromatic heterocycles. The minimum absolute atomic E-state index is 0.230. The third-order valence-electron chi connectivity index (χ3n) is 3.86. The normalized spacial score (nSPS) is 10.6. The molecule has 0 aliphatic heterocycles. The summed E-state index contributed by atoms with van der Waals surface area (Å²) in [5.41, 5.74) is 8.52. The van der Waals surface area contributed by atoms with Crippen LogP contribution in [0.25, 0.3) is 10.8 Å². The molecule has 0 bridgehead atoms. The van der Waals surface area contributed by atoms with E-state index in [-0.39, 0.29) is 5.91 Å². The summed E-state index contributed by atoms with van der Waals surface area (Å²) >= 11 is 3.45. The lowest BCUT2D eigenvalue weighted by Gasteiger charge is -2.14. The maximum atomic E-state index is 12.8. The van der Waals surface area contributed by atoms with Crippen molar-refractivity contribution >= 4 is 44.0 Å². The second-order valence-electron chi connectivity index (χ2n) is 5.55. The van der Waals surface area contributed by atoms with Crippen LogP contribution >= 0.6 is 15.9 Å². The van der Waals surface area contributed by atoms with E-state index in [0.29, 0.717) is 22.7 Å². The predicted molar refractivity (Wildman–Crippen MR) is 102 cm³/mol. The smallest absolute Gasteiger partial charge is 0.259 e. The molecule has 3 rings (SSSR count). The zero-order valence-corrected chi connectivity index (χ0v) is 15.0. The van der Waals surface area contributed by atoms with Crippen LogP contribution in [0.2, 0.25) is 0 Å². The van der Waals surface area contributed by atoms with Crippen molar-refractivity contribution < 1.29 is 9.53 Å². The zero-order valence-electron chi connectivity index (χ0n) is 13.4. The van der Waals surface area contributed by atoms with Gasteiger partial charge in [0.2, 0.25) is 0 Å². The lowest BCUT2D eigenvalue weighted by Crippen LogP contribution is -2.14. The van der Waals surface area contributed by atoms with Crippen molar-refractivity contribution in [3.05, 3.63) is 64.1 Å². The van der Waals surface area contributed by atoms with Gasteiger partial charge in [-0.25, -0.2) is 0 Å². The average molecular weight is 385 g/mol. The van der Waals surface area contributed by atoms with Gasteiger partial charge in [0.25, 0.3) is 5.91 Å². The molecule has 0 unspecified atom stereocenters. The fourth-order valence-corrected chi connectivity index (χ4v) is 3.35. The van der Waals surface area contributed by atoms with Crippen molar-refractivity contribution in [3.63, 3.8) is 0 Å². The summed E-state index contributed by atoms with van der Waals surface area (Å²) in [6, 6.07) is 15.1. The quantitative estimate of drug-likeness (QED) is 0.640. The highest BCUT2D eigenvalue weighted by molar-refractivity contribution is 9.10. The van der Waals surface area contributed by atoms with Crippen molar-refractivity contribution in [2.45, 2.75) is 6.92 Å². The van der Waals surface area contributed by atoms with Gasteiger partial charge in [-0.05, 0) is 63.5 Å². The molecule has 0 atom stereocenters. The van der Waals surface area contributed by atoms with Gasteiger partial charge in [0.15, 0.2) is 0 Å². The minimum Gasteiger partial charge on any atom is -0.496 e. The number of aryl methyl sites for hydroxylation is 1. The Morgan fingerprint density at radius 3 is 2.42 bits per heavy atom. The number of carbonyl (C=O) groups is 1. The number of carbonyl (C=O) groups excluding carboxylic acids is 1. The number of fused-ring (bicyclic) bond motifs is 1. The maximum absolute atomic E-state index is 12.8. The van der Waals surface area contributed by atoms with Crippen molar-refractivity contribution in [3.8, 4) is 5.75 Å². The topological polar surface area (TPSA) is 64.3 Å². The molecule has 0 spiro atoms. The van der Waals surface area contributed by atoms with Gasteiger partial charge in [-0.1, -0.05) is 24.3 Å². The van der Waals surface area contributed by atoms with Gasteiger partial charge >= 0.3 is 0 Å². The molecule has 0 aliphatic carbocycles. The first kappa shape index (κ1) is 16.3. The van der Waals surface area contributed by atoms with Crippen molar-refractivity contribution in [2.24, 2.45) is 0 Å². The molecule has 122 valence electrons. The summed E-state index contributed by atoms with van der Waals surface area (Å²) in [6.07, 6.45) is 0. The largest absolute Gasteiger partial charge is 0.496 e. The minimum atomic E-state index is -0.230. The number of hydrogen-bond acceptors (Lipinski definition) is 3. The first-order chi connectivity index (χ1) is 11.5. The van der Waals surface area contributed by atoms with E-state index in [9.17, 15) is 4.79 Å². The van der Waals surface area contributed by atoms with Gasteiger partial charge < -0.3 is 15.8 Å². The summed E-state index contributed by atoms with van der Waals surface area (Å²) in [5.74, 6) is 0.307. The fraction of sp³-hybridized carbons (Fsp3) is 0.105. The zero-order chi connectivity index (χ0) is 17.3. The van der Waals surface area contributed by atoms with Crippen LogP contribution in [0.4, 0.5) is 11.4 Å². The van der Waals surface area contributed by atoms with Crippen LogP contribution in [0.15, 0.2) is 53.0 Å². The van der Waals surface area contributed by atoms with Crippen molar-refractivity contribution in [2.75, 3.05) is 18.2 Å². The summed E-state index contributed by atoms with van der Waals surface area (Å²) < 4.78 is 6.14. The summed E-state index contributed by atoms with van der Waals surface area (Å²) in [6.45, 7) is 1.90. The molecule has 0 saturated heterocycles. The van der Waals surface area contributed by atoms with E-state index in [4.69, 9.17) is 10.5 Å². The molecule has 1 amide bonds. The van der Waals surface area contributed by atoms with Gasteiger partial charge in [0, 0.05) is 10.2 Å². The third-order valence-corrected chi connectivity index (χ3v) is 4.49. The van der Waals surface area contributed by atoms with E-state index in [0.717, 1.165) is 20.8 Å². The van der Waals surface area contributed by atoms with Gasteiger partial charge in [-0.3, -0.25) is 4.79 Å². The number of benzene rings is 3. The monoisotopic (exact) mass is 384 g/mol. The first-order valence-corrected chi connectivity index (χ1v) is 8.22. The molecular formula is C19H17BrN2O2. The number of anilines is 2.